The summed E-state index contributed by atoms with van der Waals surface area (Å²) in [4.78, 5) is 39.3. The van der Waals surface area contributed by atoms with Crippen LogP contribution >= 0.6 is 0 Å². The van der Waals surface area contributed by atoms with Gasteiger partial charge in [-0.3, -0.25) is 14.4 Å². The highest BCUT2D eigenvalue weighted by Crippen LogP contribution is 2.15. The van der Waals surface area contributed by atoms with Gasteiger partial charge in [-0.15, -0.1) is 0 Å². The summed E-state index contributed by atoms with van der Waals surface area (Å²) >= 11 is 0. The van der Waals surface area contributed by atoms with Crippen LogP contribution in [0.1, 0.15) is 33.2 Å². The van der Waals surface area contributed by atoms with Crippen LogP contribution < -0.4 is 5.32 Å². The maximum atomic E-state index is 13.4. The Morgan fingerprint density at radius 3 is 1.86 bits per heavy atom. The number of nitrogens with one attached hydrogen (secondary N) is 1. The minimum atomic E-state index is -1.06. The van der Waals surface area contributed by atoms with E-state index < -0.39 is 17.5 Å². The van der Waals surface area contributed by atoms with Crippen LogP contribution in [0.15, 0.2) is 42.5 Å². The summed E-state index contributed by atoms with van der Waals surface area (Å²) in [6.45, 7) is 3.15. The van der Waals surface area contributed by atoms with E-state index in [2.05, 4.69) is 5.32 Å². The van der Waals surface area contributed by atoms with Gasteiger partial charge in [0.05, 0.1) is 0 Å². The molecule has 1 saturated heterocycles. The lowest BCUT2D eigenvalue weighted by Crippen LogP contribution is -2.50. The van der Waals surface area contributed by atoms with Crippen molar-refractivity contribution in [2.45, 2.75) is 13.5 Å². The molecule has 0 radical (unpaired) electrons. The normalized spacial score (nSPS) is 13.9. The van der Waals surface area contributed by atoms with Crippen molar-refractivity contribution in [2.24, 2.45) is 0 Å². The first-order valence-electron chi connectivity index (χ1n) is 9.22. The lowest BCUT2D eigenvalue weighted by molar-refractivity contribution is -0.119. The molecule has 0 spiro atoms. The van der Waals surface area contributed by atoms with E-state index in [1.165, 1.54) is 17.9 Å². The standard InChI is InChI=1S/C21H21F2N3O3/c1-14(27)24-13-15-2-4-16(5-3-15)20(28)25-8-10-26(11-9-25)21(29)17-6-7-18(22)19(23)12-17/h2-7,12H,8-11,13H2,1H3,(H,24,27). The van der Waals surface area contributed by atoms with Gasteiger partial charge in [0.15, 0.2) is 11.6 Å². The number of nitrogens with zero attached hydrogens (tertiary/aromatic N) is 2. The predicted molar refractivity (Wildman–Crippen MR) is 102 cm³/mol. The molecule has 0 aromatic heterocycles. The fourth-order valence-electron chi connectivity index (χ4n) is 3.10. The lowest BCUT2D eigenvalue weighted by atomic mass is 10.1. The quantitative estimate of drug-likeness (QED) is 0.854. The Balaban J connectivity index is 1.57. The molecule has 3 amide bonds. The Morgan fingerprint density at radius 1 is 0.828 bits per heavy atom. The second kappa shape index (κ2) is 8.81. The van der Waals surface area contributed by atoms with E-state index in [0.717, 1.165) is 17.7 Å². The zero-order chi connectivity index (χ0) is 21.0. The highest BCUT2D eigenvalue weighted by Gasteiger charge is 2.26. The monoisotopic (exact) mass is 401 g/mol. The molecule has 8 heteroatoms. The van der Waals surface area contributed by atoms with E-state index in [9.17, 15) is 23.2 Å². The van der Waals surface area contributed by atoms with Gasteiger partial charge in [0.1, 0.15) is 0 Å². The number of hydrogen-bond acceptors (Lipinski definition) is 3. The van der Waals surface area contributed by atoms with Crippen molar-refractivity contribution in [3.05, 3.63) is 70.8 Å². The zero-order valence-electron chi connectivity index (χ0n) is 16.0. The molecular weight excluding hydrogens is 380 g/mol. The van der Waals surface area contributed by atoms with Gasteiger partial charge in [-0.05, 0) is 35.9 Å². The molecule has 0 bridgehead atoms. The maximum absolute atomic E-state index is 13.4. The van der Waals surface area contributed by atoms with Crippen LogP contribution in [0.3, 0.4) is 0 Å². The van der Waals surface area contributed by atoms with Crippen molar-refractivity contribution in [3.63, 3.8) is 0 Å². The van der Waals surface area contributed by atoms with Crippen LogP contribution in [-0.2, 0) is 11.3 Å². The molecule has 0 atom stereocenters. The number of amides is 3. The number of benzene rings is 2. The number of carbonyl (C=O) groups is 3. The van der Waals surface area contributed by atoms with Crippen molar-refractivity contribution < 1.29 is 23.2 Å². The molecule has 1 aliphatic rings. The molecule has 0 saturated carbocycles. The first-order chi connectivity index (χ1) is 13.8. The fourth-order valence-corrected chi connectivity index (χ4v) is 3.10. The molecule has 6 nitrogen and oxygen atoms in total. The molecule has 2 aromatic rings. The van der Waals surface area contributed by atoms with Gasteiger partial charge >= 0.3 is 0 Å². The number of rotatable bonds is 4. The maximum Gasteiger partial charge on any atom is 0.254 e. The van der Waals surface area contributed by atoms with Crippen LogP contribution in [0.5, 0.6) is 0 Å². The first kappa shape index (κ1) is 20.4. The largest absolute Gasteiger partial charge is 0.352 e. The molecule has 1 fully saturated rings. The summed E-state index contributed by atoms with van der Waals surface area (Å²) in [5.74, 6) is -2.72. The summed E-state index contributed by atoms with van der Waals surface area (Å²) in [5.41, 5.74) is 1.49. The van der Waals surface area contributed by atoms with Crippen LogP contribution in [0.4, 0.5) is 8.78 Å². The van der Waals surface area contributed by atoms with Gasteiger partial charge in [0.2, 0.25) is 5.91 Å². The van der Waals surface area contributed by atoms with E-state index in [1.54, 1.807) is 29.2 Å². The molecular formula is C21H21F2N3O3. The van der Waals surface area contributed by atoms with Crippen molar-refractivity contribution in [3.8, 4) is 0 Å². The Hall–Kier alpha value is -3.29. The third-order valence-corrected chi connectivity index (χ3v) is 4.76. The van der Waals surface area contributed by atoms with Gasteiger partial charge in [-0.25, -0.2) is 8.78 Å². The average Bonchev–Trinajstić information content (AvgIpc) is 2.73. The first-order valence-corrected chi connectivity index (χ1v) is 9.22. The molecule has 2 aromatic carbocycles. The lowest BCUT2D eigenvalue weighted by Gasteiger charge is -2.35. The second-order valence-corrected chi connectivity index (χ2v) is 6.82. The van der Waals surface area contributed by atoms with Crippen molar-refractivity contribution in [2.75, 3.05) is 26.2 Å². The summed E-state index contributed by atoms with van der Waals surface area (Å²) in [6, 6.07) is 10.0. The van der Waals surface area contributed by atoms with E-state index >= 15 is 0 Å². The molecule has 1 heterocycles. The molecule has 152 valence electrons. The summed E-state index contributed by atoms with van der Waals surface area (Å²) in [6.07, 6.45) is 0. The topological polar surface area (TPSA) is 69.7 Å². The van der Waals surface area contributed by atoms with Crippen LogP contribution in [0, 0.1) is 11.6 Å². The Bertz CT molecular complexity index is 923. The molecule has 3 rings (SSSR count). The van der Waals surface area contributed by atoms with Crippen molar-refractivity contribution in [1.29, 1.82) is 0 Å². The van der Waals surface area contributed by atoms with Gasteiger partial charge in [0, 0.05) is 50.8 Å². The Kier molecular flexibility index (Phi) is 6.21. The van der Waals surface area contributed by atoms with Gasteiger partial charge in [-0.2, -0.15) is 0 Å². The zero-order valence-corrected chi connectivity index (χ0v) is 16.0. The van der Waals surface area contributed by atoms with Crippen molar-refractivity contribution in [1.82, 2.24) is 15.1 Å². The minimum absolute atomic E-state index is 0.0819. The van der Waals surface area contributed by atoms with Gasteiger partial charge in [-0.1, -0.05) is 12.1 Å². The summed E-state index contributed by atoms with van der Waals surface area (Å²) < 4.78 is 26.4. The third kappa shape index (κ3) is 4.96. The third-order valence-electron chi connectivity index (χ3n) is 4.76. The van der Waals surface area contributed by atoms with Crippen LogP contribution in [0.25, 0.3) is 0 Å². The highest BCUT2D eigenvalue weighted by molar-refractivity contribution is 5.96. The Morgan fingerprint density at radius 2 is 1.34 bits per heavy atom. The minimum Gasteiger partial charge on any atom is -0.352 e. The summed E-state index contributed by atoms with van der Waals surface area (Å²) in [7, 11) is 0. The van der Waals surface area contributed by atoms with Crippen LogP contribution in [-0.4, -0.2) is 53.7 Å². The smallest absolute Gasteiger partial charge is 0.254 e. The molecule has 1 N–H and O–H groups in total. The molecule has 0 unspecified atom stereocenters. The van der Waals surface area contributed by atoms with E-state index in [-0.39, 0.29) is 17.4 Å². The van der Waals surface area contributed by atoms with Crippen LogP contribution in [0.2, 0.25) is 0 Å². The molecule has 29 heavy (non-hydrogen) atoms. The number of hydrogen-bond donors (Lipinski definition) is 1. The van der Waals surface area contributed by atoms with E-state index in [1.807, 2.05) is 0 Å². The predicted octanol–water partition coefficient (Wildman–Crippen LogP) is 2.20. The average molecular weight is 401 g/mol. The molecule has 0 aliphatic carbocycles. The van der Waals surface area contributed by atoms with E-state index in [4.69, 9.17) is 0 Å². The van der Waals surface area contributed by atoms with Gasteiger partial charge in [0.25, 0.3) is 11.8 Å². The van der Waals surface area contributed by atoms with Gasteiger partial charge < -0.3 is 15.1 Å². The number of halogens is 2. The second-order valence-electron chi connectivity index (χ2n) is 6.82. The highest BCUT2D eigenvalue weighted by atomic mass is 19.2. The summed E-state index contributed by atoms with van der Waals surface area (Å²) in [5, 5.41) is 2.69. The molecule has 1 aliphatic heterocycles. The van der Waals surface area contributed by atoms with E-state index in [0.29, 0.717) is 38.3 Å². The SMILES string of the molecule is CC(=O)NCc1ccc(C(=O)N2CCN(C(=O)c3ccc(F)c(F)c3)CC2)cc1. The fraction of sp³-hybridized carbons (Fsp3) is 0.286. The number of piperazine rings is 1. The number of carbonyl (C=O) groups excluding carboxylic acids is 3. The van der Waals surface area contributed by atoms with Crippen molar-refractivity contribution >= 4 is 17.7 Å². The Labute approximate surface area is 167 Å².